The van der Waals surface area contributed by atoms with Gasteiger partial charge in [-0.05, 0) is 18.2 Å². The molecule has 1 aliphatic heterocycles. The van der Waals surface area contributed by atoms with Gasteiger partial charge in [0.25, 0.3) is 0 Å². The summed E-state index contributed by atoms with van der Waals surface area (Å²) in [5.74, 6) is 1.27. The highest BCUT2D eigenvalue weighted by Crippen LogP contribution is 2.25. The molecule has 8 nitrogen and oxygen atoms in total. The van der Waals surface area contributed by atoms with E-state index in [1.807, 2.05) is 0 Å². The molecule has 3 aromatic rings. The second kappa shape index (κ2) is 6.93. The van der Waals surface area contributed by atoms with E-state index in [1.54, 1.807) is 30.5 Å². The summed E-state index contributed by atoms with van der Waals surface area (Å²) in [5.41, 5.74) is 6.96. The third-order valence-corrected chi connectivity index (χ3v) is 4.02. The zero-order chi connectivity index (χ0) is 17.9. The molecule has 0 radical (unpaired) electrons. The van der Waals surface area contributed by atoms with Crippen LogP contribution in [0, 0.1) is 5.92 Å². The fourth-order valence-electron chi connectivity index (χ4n) is 2.47. The highest BCUT2D eigenvalue weighted by molar-refractivity contribution is 6.07. The lowest BCUT2D eigenvalue weighted by Gasteiger charge is -2.25. The van der Waals surface area contributed by atoms with Gasteiger partial charge in [-0.25, -0.2) is 9.97 Å². The number of hydrogen-bond acceptors (Lipinski definition) is 8. The van der Waals surface area contributed by atoms with Gasteiger partial charge in [0.1, 0.15) is 5.82 Å². The summed E-state index contributed by atoms with van der Waals surface area (Å²) in [7, 11) is 0. The molecule has 0 atom stereocenters. The molecule has 1 saturated heterocycles. The van der Waals surface area contributed by atoms with E-state index in [0.29, 0.717) is 54.3 Å². The Kier molecular flexibility index (Phi) is 4.32. The number of anilines is 1. The Bertz CT molecular complexity index is 919. The molecule has 8 heteroatoms. The molecular formula is C18H16N4O4. The molecule has 0 unspecified atom stereocenters. The molecule has 0 spiro atoms. The Hall–Kier alpha value is -3.26. The molecular weight excluding hydrogens is 336 g/mol. The molecule has 0 aromatic carbocycles. The molecule has 0 bridgehead atoms. The maximum atomic E-state index is 12.5. The van der Waals surface area contributed by atoms with Crippen LogP contribution in [0.25, 0.3) is 11.3 Å². The number of nitrogens with zero attached hydrogens (tertiary/aromatic N) is 3. The number of ether oxygens (including phenoxy) is 2. The fourth-order valence-corrected chi connectivity index (χ4v) is 2.47. The van der Waals surface area contributed by atoms with E-state index in [0.717, 1.165) is 0 Å². The van der Waals surface area contributed by atoms with Gasteiger partial charge in [0.2, 0.25) is 11.7 Å². The van der Waals surface area contributed by atoms with Crippen molar-refractivity contribution in [2.75, 3.05) is 25.6 Å². The van der Waals surface area contributed by atoms with Gasteiger partial charge in [-0.15, -0.1) is 0 Å². The predicted octanol–water partition coefficient (Wildman–Crippen LogP) is 1.97. The van der Waals surface area contributed by atoms with Crippen LogP contribution in [-0.2, 0) is 4.74 Å². The van der Waals surface area contributed by atoms with Crippen molar-refractivity contribution in [1.29, 1.82) is 0 Å². The number of carbonyl (C=O) groups excluding carboxylic acids is 1. The molecule has 0 saturated carbocycles. The number of ketones is 1. The first-order chi connectivity index (χ1) is 12.7. The van der Waals surface area contributed by atoms with Crippen LogP contribution in [0.5, 0.6) is 5.88 Å². The van der Waals surface area contributed by atoms with E-state index < -0.39 is 0 Å². The van der Waals surface area contributed by atoms with Gasteiger partial charge < -0.3 is 19.7 Å². The van der Waals surface area contributed by atoms with E-state index in [-0.39, 0.29) is 11.5 Å². The summed E-state index contributed by atoms with van der Waals surface area (Å²) in [5, 5.41) is 3.83. The SMILES string of the molecule is Nc1ncccc1-c1cc(C(=O)c2ccc(OCC3COC3)nc2)no1. The third kappa shape index (κ3) is 3.27. The second-order valence-corrected chi connectivity index (χ2v) is 5.94. The lowest BCUT2D eigenvalue weighted by Crippen LogP contribution is -2.32. The maximum absolute atomic E-state index is 12.5. The monoisotopic (exact) mass is 352 g/mol. The fraction of sp³-hybridized carbons (Fsp3) is 0.222. The highest BCUT2D eigenvalue weighted by atomic mass is 16.5. The van der Waals surface area contributed by atoms with Crippen molar-refractivity contribution in [3.8, 4) is 17.2 Å². The zero-order valence-electron chi connectivity index (χ0n) is 13.8. The Morgan fingerprint density at radius 1 is 1.27 bits per heavy atom. The van der Waals surface area contributed by atoms with Gasteiger partial charge in [-0.2, -0.15) is 0 Å². The molecule has 1 fully saturated rings. The van der Waals surface area contributed by atoms with Gasteiger partial charge in [0.05, 0.1) is 25.4 Å². The number of carbonyl (C=O) groups is 1. The Morgan fingerprint density at radius 2 is 2.15 bits per heavy atom. The van der Waals surface area contributed by atoms with Gasteiger partial charge in [0.15, 0.2) is 11.5 Å². The molecule has 4 rings (SSSR count). The molecule has 4 heterocycles. The van der Waals surface area contributed by atoms with E-state index in [2.05, 4.69) is 15.1 Å². The molecule has 132 valence electrons. The summed E-state index contributed by atoms with van der Waals surface area (Å²) in [6.07, 6.45) is 3.04. The molecule has 0 amide bonds. The second-order valence-electron chi connectivity index (χ2n) is 5.94. The van der Waals surface area contributed by atoms with Crippen LogP contribution in [0.15, 0.2) is 47.2 Å². The van der Waals surface area contributed by atoms with Crippen molar-refractivity contribution in [3.63, 3.8) is 0 Å². The summed E-state index contributed by atoms with van der Waals surface area (Å²) >= 11 is 0. The number of pyridine rings is 2. The largest absolute Gasteiger partial charge is 0.477 e. The summed E-state index contributed by atoms with van der Waals surface area (Å²) in [6.45, 7) is 1.98. The lowest BCUT2D eigenvalue weighted by molar-refractivity contribution is -0.0514. The Morgan fingerprint density at radius 3 is 2.85 bits per heavy atom. The van der Waals surface area contributed by atoms with E-state index >= 15 is 0 Å². The standard InChI is InChI=1S/C18H16N4O4/c19-18-13(2-1-5-20-18)15-6-14(22-26-15)17(23)12-3-4-16(21-7-12)25-10-11-8-24-9-11/h1-7,11H,8-10H2,(H2,19,20). The smallest absolute Gasteiger partial charge is 0.216 e. The quantitative estimate of drug-likeness (QED) is 0.670. The van der Waals surface area contributed by atoms with E-state index in [9.17, 15) is 4.79 Å². The summed E-state index contributed by atoms with van der Waals surface area (Å²) < 4.78 is 15.9. The average molecular weight is 352 g/mol. The van der Waals surface area contributed by atoms with Crippen molar-refractivity contribution >= 4 is 11.6 Å². The Labute approximate surface area is 148 Å². The first kappa shape index (κ1) is 16.2. The minimum atomic E-state index is -0.297. The van der Waals surface area contributed by atoms with E-state index in [1.165, 1.54) is 12.3 Å². The van der Waals surface area contributed by atoms with Crippen LogP contribution in [-0.4, -0.2) is 40.7 Å². The van der Waals surface area contributed by atoms with Gasteiger partial charge in [-0.3, -0.25) is 4.79 Å². The minimum Gasteiger partial charge on any atom is -0.477 e. The lowest BCUT2D eigenvalue weighted by atomic mass is 10.1. The molecule has 1 aliphatic rings. The number of nitrogen functional groups attached to an aromatic ring is 1. The molecule has 3 aromatic heterocycles. The highest BCUT2D eigenvalue weighted by Gasteiger charge is 2.20. The van der Waals surface area contributed by atoms with Gasteiger partial charge in [0, 0.05) is 36.0 Å². The third-order valence-electron chi connectivity index (χ3n) is 4.02. The molecule has 26 heavy (non-hydrogen) atoms. The first-order valence-corrected chi connectivity index (χ1v) is 8.09. The first-order valence-electron chi connectivity index (χ1n) is 8.09. The van der Waals surface area contributed by atoms with Crippen LogP contribution < -0.4 is 10.5 Å². The van der Waals surface area contributed by atoms with Gasteiger partial charge in [-0.1, -0.05) is 5.16 Å². The van der Waals surface area contributed by atoms with Crippen molar-refractivity contribution < 1.29 is 18.8 Å². The van der Waals surface area contributed by atoms with Crippen LogP contribution in [0.3, 0.4) is 0 Å². The normalized spacial score (nSPS) is 14.0. The maximum Gasteiger partial charge on any atom is 0.216 e. The van der Waals surface area contributed by atoms with E-state index in [4.69, 9.17) is 19.7 Å². The van der Waals surface area contributed by atoms with Crippen molar-refractivity contribution in [3.05, 3.63) is 54.0 Å². The predicted molar refractivity (Wildman–Crippen MR) is 91.6 cm³/mol. The van der Waals surface area contributed by atoms with Crippen LogP contribution in [0.4, 0.5) is 5.82 Å². The number of nitrogens with two attached hydrogens (primary N) is 1. The van der Waals surface area contributed by atoms with Crippen LogP contribution >= 0.6 is 0 Å². The van der Waals surface area contributed by atoms with Crippen molar-refractivity contribution in [1.82, 2.24) is 15.1 Å². The summed E-state index contributed by atoms with van der Waals surface area (Å²) in [6, 6.07) is 8.32. The number of hydrogen-bond donors (Lipinski definition) is 1. The topological polar surface area (TPSA) is 113 Å². The summed E-state index contributed by atoms with van der Waals surface area (Å²) in [4.78, 5) is 20.7. The van der Waals surface area contributed by atoms with Gasteiger partial charge >= 0.3 is 0 Å². The van der Waals surface area contributed by atoms with Crippen molar-refractivity contribution in [2.24, 2.45) is 5.92 Å². The zero-order valence-corrected chi connectivity index (χ0v) is 13.8. The average Bonchev–Trinajstić information content (AvgIpc) is 3.10. The number of aromatic nitrogens is 3. The van der Waals surface area contributed by atoms with Crippen LogP contribution in [0.1, 0.15) is 16.1 Å². The molecule has 2 N–H and O–H groups in total. The number of rotatable bonds is 6. The minimum absolute atomic E-state index is 0.172. The van der Waals surface area contributed by atoms with Crippen LogP contribution in [0.2, 0.25) is 0 Å². The Balaban J connectivity index is 1.46. The van der Waals surface area contributed by atoms with Crippen molar-refractivity contribution in [2.45, 2.75) is 0 Å². The molecule has 0 aliphatic carbocycles.